The third-order valence-corrected chi connectivity index (χ3v) is 9.02. The van der Waals surface area contributed by atoms with Crippen LogP contribution < -0.4 is 4.90 Å². The molecule has 42 heavy (non-hydrogen) atoms. The van der Waals surface area contributed by atoms with Crippen molar-refractivity contribution in [3.8, 4) is 11.5 Å². The van der Waals surface area contributed by atoms with Crippen LogP contribution in [0.2, 0.25) is 0 Å². The van der Waals surface area contributed by atoms with Crippen LogP contribution in [0, 0.1) is 0 Å². The Morgan fingerprint density at radius 2 is 1.26 bits per heavy atom. The van der Waals surface area contributed by atoms with Gasteiger partial charge in [0.05, 0.1) is 16.8 Å². The molecule has 0 fully saturated rings. The van der Waals surface area contributed by atoms with Gasteiger partial charge < -0.3 is 13.7 Å². The number of para-hydroxylation sites is 2. The zero-order valence-corrected chi connectivity index (χ0v) is 23.1. The van der Waals surface area contributed by atoms with E-state index in [1.807, 2.05) is 65.9 Å². The van der Waals surface area contributed by atoms with Crippen LogP contribution in [0.15, 0.2) is 142 Å². The second-order valence-electron chi connectivity index (χ2n) is 10.3. The lowest BCUT2D eigenvalue weighted by Crippen LogP contribution is -2.10. The van der Waals surface area contributed by atoms with Crippen LogP contribution in [-0.4, -0.2) is 4.98 Å². The molecule has 0 aliphatic heterocycles. The maximum Gasteiger partial charge on any atom is 0.227 e. The SMILES string of the molecule is c1ccc(-c2nc3c(cc(N(c4ccccc4)c4cccc5sc6ccccc6c45)c4oc5ccccc5c43)o2)cc1. The summed E-state index contributed by atoms with van der Waals surface area (Å²) in [5.74, 6) is 0.589. The zero-order chi connectivity index (χ0) is 27.6. The molecule has 0 aliphatic rings. The zero-order valence-electron chi connectivity index (χ0n) is 22.3. The maximum absolute atomic E-state index is 6.69. The van der Waals surface area contributed by atoms with Gasteiger partial charge in [0.2, 0.25) is 5.89 Å². The molecule has 3 heterocycles. The highest BCUT2D eigenvalue weighted by molar-refractivity contribution is 7.26. The van der Waals surface area contributed by atoms with Crippen LogP contribution >= 0.6 is 11.3 Å². The van der Waals surface area contributed by atoms with Crippen molar-refractivity contribution in [2.75, 3.05) is 4.90 Å². The van der Waals surface area contributed by atoms with Gasteiger partial charge in [-0.25, -0.2) is 4.98 Å². The highest BCUT2D eigenvalue weighted by Gasteiger charge is 2.26. The fourth-order valence-corrected chi connectivity index (χ4v) is 7.18. The molecule has 0 radical (unpaired) electrons. The Hall–Kier alpha value is -5.39. The van der Waals surface area contributed by atoms with Gasteiger partial charge in [0.1, 0.15) is 11.1 Å². The first kappa shape index (κ1) is 23.3. The first-order valence-corrected chi connectivity index (χ1v) is 14.7. The van der Waals surface area contributed by atoms with Crippen molar-refractivity contribution < 1.29 is 8.83 Å². The Kier molecular flexibility index (Phi) is 5.03. The predicted molar refractivity (Wildman–Crippen MR) is 174 cm³/mol. The minimum atomic E-state index is 0.589. The summed E-state index contributed by atoms with van der Waals surface area (Å²) in [6.07, 6.45) is 0. The Morgan fingerprint density at radius 1 is 0.548 bits per heavy atom. The molecule has 0 spiro atoms. The minimum absolute atomic E-state index is 0.589. The van der Waals surface area contributed by atoms with Crippen LogP contribution in [0.3, 0.4) is 0 Å². The van der Waals surface area contributed by atoms with Gasteiger partial charge in [-0.2, -0.15) is 0 Å². The summed E-state index contributed by atoms with van der Waals surface area (Å²) in [5.41, 5.74) is 7.05. The van der Waals surface area contributed by atoms with E-state index in [9.17, 15) is 0 Å². The van der Waals surface area contributed by atoms with Crippen molar-refractivity contribution in [3.05, 3.63) is 133 Å². The number of hydrogen-bond donors (Lipinski definition) is 0. The third-order valence-electron chi connectivity index (χ3n) is 7.88. The molecule has 0 saturated heterocycles. The van der Waals surface area contributed by atoms with E-state index in [4.69, 9.17) is 13.8 Å². The van der Waals surface area contributed by atoms with E-state index < -0.39 is 0 Å². The van der Waals surface area contributed by atoms with E-state index in [0.717, 1.165) is 50.1 Å². The summed E-state index contributed by atoms with van der Waals surface area (Å²) in [6.45, 7) is 0. The van der Waals surface area contributed by atoms with Gasteiger partial charge >= 0.3 is 0 Å². The van der Waals surface area contributed by atoms with Gasteiger partial charge in [-0.05, 0) is 48.5 Å². The molecule has 6 aromatic carbocycles. The molecule has 4 nitrogen and oxygen atoms in total. The molecule has 198 valence electrons. The van der Waals surface area contributed by atoms with Crippen LogP contribution in [0.4, 0.5) is 17.1 Å². The first-order chi connectivity index (χ1) is 20.8. The van der Waals surface area contributed by atoms with Crippen molar-refractivity contribution in [2.45, 2.75) is 0 Å². The van der Waals surface area contributed by atoms with Gasteiger partial charge in [0.25, 0.3) is 0 Å². The number of hydrogen-bond acceptors (Lipinski definition) is 5. The summed E-state index contributed by atoms with van der Waals surface area (Å²) < 4.78 is 15.7. The molecule has 0 atom stereocenters. The van der Waals surface area contributed by atoms with Crippen molar-refractivity contribution in [1.29, 1.82) is 0 Å². The van der Waals surface area contributed by atoms with Gasteiger partial charge in [-0.15, -0.1) is 11.3 Å². The van der Waals surface area contributed by atoms with E-state index >= 15 is 0 Å². The molecule has 0 bridgehead atoms. The molecule has 0 N–H and O–H groups in total. The maximum atomic E-state index is 6.69. The monoisotopic (exact) mass is 558 g/mol. The number of benzene rings is 6. The lowest BCUT2D eigenvalue weighted by Gasteiger charge is -2.26. The molecular weight excluding hydrogens is 536 g/mol. The number of rotatable bonds is 4. The molecule has 0 saturated carbocycles. The Morgan fingerprint density at radius 3 is 2.12 bits per heavy atom. The lowest BCUT2D eigenvalue weighted by atomic mass is 10.1. The van der Waals surface area contributed by atoms with Crippen LogP contribution in [0.1, 0.15) is 0 Å². The number of anilines is 3. The Bertz CT molecular complexity index is 2420. The molecule has 0 aliphatic carbocycles. The average Bonchev–Trinajstić information content (AvgIpc) is 3.75. The van der Waals surface area contributed by atoms with Crippen molar-refractivity contribution in [3.63, 3.8) is 0 Å². The predicted octanol–water partition coefficient (Wildman–Crippen LogP) is 11.2. The quantitative estimate of drug-likeness (QED) is 0.215. The van der Waals surface area contributed by atoms with Crippen molar-refractivity contribution >= 4 is 81.6 Å². The summed E-state index contributed by atoms with van der Waals surface area (Å²) in [7, 11) is 0. The van der Waals surface area contributed by atoms with Gasteiger partial charge in [-0.1, -0.05) is 78.9 Å². The second-order valence-corrected chi connectivity index (χ2v) is 11.4. The number of aromatic nitrogens is 1. The van der Waals surface area contributed by atoms with Gasteiger partial charge in [-0.3, -0.25) is 0 Å². The molecule has 0 unspecified atom stereocenters. The first-order valence-electron chi connectivity index (χ1n) is 13.9. The van der Waals surface area contributed by atoms with Crippen molar-refractivity contribution in [1.82, 2.24) is 4.98 Å². The highest BCUT2D eigenvalue weighted by Crippen LogP contribution is 2.49. The van der Waals surface area contributed by atoms with E-state index in [-0.39, 0.29) is 0 Å². The smallest absolute Gasteiger partial charge is 0.227 e. The summed E-state index contributed by atoms with van der Waals surface area (Å²) in [5, 5.41) is 4.42. The molecule has 9 aromatic rings. The van der Waals surface area contributed by atoms with Crippen molar-refractivity contribution in [2.24, 2.45) is 0 Å². The number of fused-ring (bicyclic) bond motifs is 8. The number of furan rings is 1. The number of thiophene rings is 1. The number of nitrogens with zero attached hydrogens (tertiary/aromatic N) is 2. The minimum Gasteiger partial charge on any atom is -0.454 e. The number of oxazole rings is 1. The molecule has 9 rings (SSSR count). The van der Waals surface area contributed by atoms with E-state index in [2.05, 4.69) is 83.8 Å². The fourth-order valence-electron chi connectivity index (χ4n) is 6.06. The van der Waals surface area contributed by atoms with Crippen LogP contribution in [0.25, 0.3) is 64.7 Å². The molecular formula is C37H22N2O2S. The molecule has 0 amide bonds. The van der Waals surface area contributed by atoms with Gasteiger partial charge in [0, 0.05) is 42.9 Å². The van der Waals surface area contributed by atoms with Gasteiger partial charge in [0.15, 0.2) is 11.2 Å². The molecule has 3 aromatic heterocycles. The Balaban J connectivity index is 1.42. The summed E-state index contributed by atoms with van der Waals surface area (Å²) >= 11 is 1.82. The summed E-state index contributed by atoms with van der Waals surface area (Å²) in [4.78, 5) is 7.32. The molecule has 5 heteroatoms. The van der Waals surface area contributed by atoms with E-state index in [1.54, 1.807) is 0 Å². The van der Waals surface area contributed by atoms with E-state index in [1.165, 1.54) is 20.2 Å². The van der Waals surface area contributed by atoms with Crippen LogP contribution in [-0.2, 0) is 0 Å². The fraction of sp³-hybridized carbons (Fsp3) is 0. The topological polar surface area (TPSA) is 42.4 Å². The largest absolute Gasteiger partial charge is 0.454 e. The Labute approximate surface area is 244 Å². The standard InChI is InChI=1S/C37H22N2O2S/c1-3-12-23(13-4-1)37-38-35-30(41-37)22-28(36-34(35)25-16-7-9-19-29(25)40-36)39(24-14-5-2-6-15-24)27-18-11-21-32-33(27)26-17-8-10-20-31(26)42-32/h1-22H. The average molecular weight is 559 g/mol. The highest BCUT2D eigenvalue weighted by atomic mass is 32.1. The van der Waals surface area contributed by atoms with E-state index in [0.29, 0.717) is 11.5 Å². The lowest BCUT2D eigenvalue weighted by molar-refractivity contribution is 0.619. The van der Waals surface area contributed by atoms with Crippen LogP contribution in [0.5, 0.6) is 0 Å². The normalized spacial score (nSPS) is 11.8. The second kappa shape index (κ2) is 9.06. The third kappa shape index (κ3) is 3.44. The summed E-state index contributed by atoms with van der Waals surface area (Å²) in [6, 6.07) is 45.9.